The van der Waals surface area contributed by atoms with Crippen molar-refractivity contribution in [3.05, 3.63) is 34.2 Å². The average molecular weight is 380 g/mol. The third-order valence-corrected chi connectivity index (χ3v) is 4.39. The number of aromatic nitrogens is 2. The van der Waals surface area contributed by atoms with E-state index in [1.807, 2.05) is 10.6 Å². The summed E-state index contributed by atoms with van der Waals surface area (Å²) in [5, 5.41) is 0. The fourth-order valence-corrected chi connectivity index (χ4v) is 3.37. The first kappa shape index (κ1) is 16.3. The molecule has 0 radical (unpaired) electrons. The van der Waals surface area contributed by atoms with E-state index in [2.05, 4.69) is 56.9 Å². The number of fused-ring (bicyclic) bond motifs is 1. The molecule has 0 aliphatic carbocycles. The predicted octanol–water partition coefficient (Wildman–Crippen LogP) is 1.98. The fourth-order valence-electron chi connectivity index (χ4n) is 2.81. The minimum Gasteiger partial charge on any atom is -0.375 e. The molecule has 6 nitrogen and oxygen atoms in total. The molecule has 3 heterocycles. The number of aliphatic imine (C=N–C) groups is 1. The summed E-state index contributed by atoms with van der Waals surface area (Å²) in [5.74, 6) is 0.600. The van der Waals surface area contributed by atoms with E-state index < -0.39 is 0 Å². The first-order valence-corrected chi connectivity index (χ1v) is 8.62. The number of nitrogens with zero attached hydrogens (tertiary/aromatic N) is 4. The third-order valence-electron chi connectivity index (χ3n) is 3.96. The van der Waals surface area contributed by atoms with Gasteiger partial charge in [-0.2, -0.15) is 0 Å². The Morgan fingerprint density at radius 2 is 2.35 bits per heavy atom. The summed E-state index contributed by atoms with van der Waals surface area (Å²) in [6.07, 6.45) is 5.05. The molecule has 1 saturated heterocycles. The van der Waals surface area contributed by atoms with E-state index in [0.717, 1.165) is 40.9 Å². The van der Waals surface area contributed by atoms with E-state index in [1.165, 1.54) is 0 Å². The van der Waals surface area contributed by atoms with Crippen LogP contribution < -0.4 is 5.73 Å². The Kier molecular flexibility index (Phi) is 4.87. The van der Waals surface area contributed by atoms with Gasteiger partial charge in [0.05, 0.1) is 18.4 Å². The zero-order chi connectivity index (χ0) is 16.4. The second-order valence-corrected chi connectivity index (χ2v) is 6.84. The molecule has 0 saturated carbocycles. The minimum atomic E-state index is 0.206. The number of imidazole rings is 1. The summed E-state index contributed by atoms with van der Waals surface area (Å²) in [6, 6.07) is 2.07. The maximum Gasteiger partial charge on any atom is 0.191 e. The molecule has 23 heavy (non-hydrogen) atoms. The van der Waals surface area contributed by atoms with Gasteiger partial charge in [-0.1, -0.05) is 0 Å². The quantitative estimate of drug-likeness (QED) is 0.653. The van der Waals surface area contributed by atoms with Gasteiger partial charge in [0, 0.05) is 42.9 Å². The van der Waals surface area contributed by atoms with Crippen LogP contribution in [-0.2, 0) is 11.2 Å². The van der Waals surface area contributed by atoms with Crippen LogP contribution in [0.4, 0.5) is 0 Å². The molecular formula is C16H22BrN5O. The van der Waals surface area contributed by atoms with Crippen LogP contribution in [0.15, 0.2) is 27.9 Å². The Morgan fingerprint density at radius 1 is 1.52 bits per heavy atom. The average Bonchev–Trinajstić information content (AvgIpc) is 2.90. The lowest BCUT2D eigenvalue weighted by molar-refractivity contribution is 0.00530. The van der Waals surface area contributed by atoms with Gasteiger partial charge in [0.2, 0.25) is 0 Å². The Balaban J connectivity index is 1.64. The fraction of sp³-hybridized carbons (Fsp3) is 0.500. The molecule has 1 unspecified atom stereocenters. The molecule has 2 aromatic heterocycles. The molecule has 7 heteroatoms. The second kappa shape index (κ2) is 6.88. The first-order chi connectivity index (χ1) is 11.0. The lowest BCUT2D eigenvalue weighted by Crippen LogP contribution is -2.47. The summed E-state index contributed by atoms with van der Waals surface area (Å²) in [7, 11) is 0. The molecule has 1 aliphatic heterocycles. The van der Waals surface area contributed by atoms with Crippen LogP contribution in [0.2, 0.25) is 0 Å². The third kappa shape index (κ3) is 3.84. The summed E-state index contributed by atoms with van der Waals surface area (Å²) in [5.41, 5.74) is 9.25. The molecule has 0 spiro atoms. The van der Waals surface area contributed by atoms with E-state index in [4.69, 9.17) is 10.5 Å². The SMILES string of the molecule is Cc1cc(Br)cn2cc(CCN=C(N)N3CCOC(C)C3)nc12. The van der Waals surface area contributed by atoms with Crippen LogP contribution in [0.1, 0.15) is 18.2 Å². The van der Waals surface area contributed by atoms with E-state index in [0.29, 0.717) is 19.1 Å². The standard InChI is InChI=1S/C16H22BrN5O/c1-11-7-13(17)9-22-10-14(20-15(11)22)3-4-19-16(18)21-5-6-23-12(2)8-21/h7,9-10,12H,3-6,8H2,1-2H3,(H2,18,19). The van der Waals surface area contributed by atoms with Crippen molar-refractivity contribution in [2.24, 2.45) is 10.7 Å². The van der Waals surface area contributed by atoms with Gasteiger partial charge in [0.15, 0.2) is 5.96 Å². The van der Waals surface area contributed by atoms with Crippen molar-refractivity contribution in [2.75, 3.05) is 26.2 Å². The smallest absolute Gasteiger partial charge is 0.191 e. The molecule has 124 valence electrons. The van der Waals surface area contributed by atoms with Crippen LogP contribution in [-0.4, -0.2) is 52.6 Å². The molecule has 0 amide bonds. The highest BCUT2D eigenvalue weighted by atomic mass is 79.9. The lowest BCUT2D eigenvalue weighted by atomic mass is 10.3. The maximum absolute atomic E-state index is 6.08. The number of ether oxygens (including phenoxy) is 1. The summed E-state index contributed by atoms with van der Waals surface area (Å²) >= 11 is 3.51. The number of morpholine rings is 1. The van der Waals surface area contributed by atoms with Crippen molar-refractivity contribution in [1.82, 2.24) is 14.3 Å². The molecule has 0 aromatic carbocycles. The Bertz CT molecular complexity index is 727. The molecular weight excluding hydrogens is 358 g/mol. The zero-order valence-corrected chi connectivity index (χ0v) is 15.1. The molecule has 1 fully saturated rings. The van der Waals surface area contributed by atoms with Gasteiger partial charge in [0.25, 0.3) is 0 Å². The van der Waals surface area contributed by atoms with Gasteiger partial charge >= 0.3 is 0 Å². The van der Waals surface area contributed by atoms with Crippen LogP contribution >= 0.6 is 15.9 Å². The monoisotopic (exact) mass is 379 g/mol. The highest BCUT2D eigenvalue weighted by molar-refractivity contribution is 9.10. The molecule has 0 bridgehead atoms. The van der Waals surface area contributed by atoms with Crippen LogP contribution in [0.3, 0.4) is 0 Å². The van der Waals surface area contributed by atoms with Crippen LogP contribution in [0, 0.1) is 6.92 Å². The van der Waals surface area contributed by atoms with E-state index in [-0.39, 0.29) is 6.10 Å². The van der Waals surface area contributed by atoms with Gasteiger partial charge in [-0.05, 0) is 41.4 Å². The molecule has 2 N–H and O–H groups in total. The van der Waals surface area contributed by atoms with Gasteiger partial charge in [0.1, 0.15) is 5.65 Å². The summed E-state index contributed by atoms with van der Waals surface area (Å²) in [4.78, 5) is 11.2. The van der Waals surface area contributed by atoms with Gasteiger partial charge < -0.3 is 19.8 Å². The second-order valence-electron chi connectivity index (χ2n) is 5.92. The van der Waals surface area contributed by atoms with E-state index >= 15 is 0 Å². The summed E-state index contributed by atoms with van der Waals surface area (Å²) in [6.45, 7) is 7.07. The van der Waals surface area contributed by atoms with Gasteiger partial charge in [-0.25, -0.2) is 4.98 Å². The Hall–Kier alpha value is -1.60. The van der Waals surface area contributed by atoms with Crippen LogP contribution in [0.5, 0.6) is 0 Å². The number of hydrogen-bond acceptors (Lipinski definition) is 3. The molecule has 1 aliphatic rings. The molecule has 3 rings (SSSR count). The number of hydrogen-bond donors (Lipinski definition) is 1. The predicted molar refractivity (Wildman–Crippen MR) is 94.8 cm³/mol. The normalized spacial score (nSPS) is 19.5. The molecule has 2 aromatic rings. The first-order valence-electron chi connectivity index (χ1n) is 7.83. The highest BCUT2D eigenvalue weighted by Gasteiger charge is 2.17. The van der Waals surface area contributed by atoms with Crippen molar-refractivity contribution < 1.29 is 4.74 Å². The van der Waals surface area contributed by atoms with Crippen molar-refractivity contribution >= 4 is 27.5 Å². The number of pyridine rings is 1. The maximum atomic E-state index is 6.08. The van der Waals surface area contributed by atoms with Crippen molar-refractivity contribution in [1.29, 1.82) is 0 Å². The highest BCUT2D eigenvalue weighted by Crippen LogP contribution is 2.17. The number of halogens is 1. The van der Waals surface area contributed by atoms with Gasteiger partial charge in [-0.3, -0.25) is 4.99 Å². The van der Waals surface area contributed by atoms with Crippen molar-refractivity contribution in [3.63, 3.8) is 0 Å². The van der Waals surface area contributed by atoms with Gasteiger partial charge in [-0.15, -0.1) is 0 Å². The van der Waals surface area contributed by atoms with Crippen molar-refractivity contribution in [2.45, 2.75) is 26.4 Å². The minimum absolute atomic E-state index is 0.206. The topological polar surface area (TPSA) is 68.2 Å². The largest absolute Gasteiger partial charge is 0.375 e. The number of nitrogens with two attached hydrogens (primary N) is 1. The number of aryl methyl sites for hydroxylation is 1. The van der Waals surface area contributed by atoms with E-state index in [1.54, 1.807) is 0 Å². The number of rotatable bonds is 3. The van der Waals surface area contributed by atoms with Crippen LogP contribution in [0.25, 0.3) is 5.65 Å². The Morgan fingerprint density at radius 3 is 3.13 bits per heavy atom. The Labute approximate surface area is 144 Å². The van der Waals surface area contributed by atoms with Crippen molar-refractivity contribution in [3.8, 4) is 0 Å². The number of guanidine groups is 1. The van der Waals surface area contributed by atoms with E-state index in [9.17, 15) is 0 Å². The lowest BCUT2D eigenvalue weighted by Gasteiger charge is -2.31. The summed E-state index contributed by atoms with van der Waals surface area (Å²) < 4.78 is 8.62. The zero-order valence-electron chi connectivity index (χ0n) is 13.5. The molecule has 1 atom stereocenters.